The van der Waals surface area contributed by atoms with Crippen LogP contribution in [-0.4, -0.2) is 25.8 Å². The Morgan fingerprint density at radius 3 is 2.19 bits per heavy atom. The maximum Gasteiger partial charge on any atom is 0.422 e. The van der Waals surface area contributed by atoms with Crippen molar-refractivity contribution in [3.63, 3.8) is 0 Å². The molecule has 0 bridgehead atoms. The molecule has 0 saturated heterocycles. The molecule has 142 valence electrons. The molecule has 2 aromatic rings. The van der Waals surface area contributed by atoms with Crippen molar-refractivity contribution in [2.75, 3.05) is 13.7 Å². The Balaban J connectivity index is 0.00000338. The summed E-state index contributed by atoms with van der Waals surface area (Å²) in [7, 11) is 1.66. The van der Waals surface area contributed by atoms with Gasteiger partial charge in [0, 0.05) is 20.1 Å². The highest BCUT2D eigenvalue weighted by Crippen LogP contribution is 2.19. The number of nitrogens with zero attached hydrogens (tertiary/aromatic N) is 1. The first-order valence-electron chi connectivity index (χ1n) is 7.73. The van der Waals surface area contributed by atoms with E-state index >= 15 is 0 Å². The van der Waals surface area contributed by atoms with E-state index in [0.717, 1.165) is 11.1 Å². The van der Waals surface area contributed by atoms with Crippen LogP contribution in [0, 0.1) is 0 Å². The SMILES string of the molecule is CN=C(NCc1ccccc1)NCc1cccc(OCC(F)(F)F)c1.I. The van der Waals surface area contributed by atoms with Crippen molar-refractivity contribution in [1.82, 2.24) is 10.6 Å². The minimum absolute atomic E-state index is 0. The summed E-state index contributed by atoms with van der Waals surface area (Å²) in [5, 5.41) is 6.29. The standard InChI is InChI=1S/C18H20F3N3O.HI/c1-22-17(23-11-14-6-3-2-4-7-14)24-12-15-8-5-9-16(10-15)25-13-18(19,20)21;/h2-10H,11-13H2,1H3,(H2,22,23,24);1H. The molecule has 0 radical (unpaired) electrons. The number of ether oxygens (including phenoxy) is 1. The normalized spacial score (nSPS) is 11.5. The highest BCUT2D eigenvalue weighted by molar-refractivity contribution is 14.0. The molecule has 0 fully saturated rings. The number of halogens is 4. The van der Waals surface area contributed by atoms with Crippen LogP contribution in [0.5, 0.6) is 5.75 Å². The molecule has 0 spiro atoms. The molecule has 0 amide bonds. The van der Waals surface area contributed by atoms with Crippen molar-refractivity contribution in [1.29, 1.82) is 0 Å². The lowest BCUT2D eigenvalue weighted by Crippen LogP contribution is -2.36. The van der Waals surface area contributed by atoms with Crippen molar-refractivity contribution >= 4 is 29.9 Å². The van der Waals surface area contributed by atoms with Gasteiger partial charge in [-0.2, -0.15) is 13.2 Å². The van der Waals surface area contributed by atoms with Crippen molar-refractivity contribution in [2.24, 2.45) is 4.99 Å². The summed E-state index contributed by atoms with van der Waals surface area (Å²) in [5.74, 6) is 0.786. The predicted octanol–water partition coefficient (Wildman–Crippen LogP) is 4.11. The molecule has 0 aliphatic carbocycles. The fourth-order valence-corrected chi connectivity index (χ4v) is 2.10. The zero-order valence-corrected chi connectivity index (χ0v) is 16.5. The maximum atomic E-state index is 12.2. The van der Waals surface area contributed by atoms with Crippen LogP contribution in [0.1, 0.15) is 11.1 Å². The molecular formula is C18H21F3IN3O. The van der Waals surface area contributed by atoms with Crippen molar-refractivity contribution in [3.8, 4) is 5.75 Å². The maximum absolute atomic E-state index is 12.2. The van der Waals surface area contributed by atoms with Gasteiger partial charge in [0.05, 0.1) is 0 Å². The molecule has 8 heteroatoms. The Kier molecular flexibility index (Phi) is 9.25. The lowest BCUT2D eigenvalue weighted by Gasteiger charge is -2.13. The van der Waals surface area contributed by atoms with Gasteiger partial charge in [-0.25, -0.2) is 0 Å². The first kappa shape index (κ1) is 22.1. The second-order valence-corrected chi connectivity index (χ2v) is 5.32. The van der Waals surface area contributed by atoms with Crippen molar-refractivity contribution in [2.45, 2.75) is 19.3 Å². The number of guanidine groups is 1. The topological polar surface area (TPSA) is 45.7 Å². The van der Waals surface area contributed by atoms with E-state index in [1.165, 1.54) is 6.07 Å². The van der Waals surface area contributed by atoms with Gasteiger partial charge in [-0.15, -0.1) is 24.0 Å². The van der Waals surface area contributed by atoms with E-state index in [4.69, 9.17) is 4.74 Å². The lowest BCUT2D eigenvalue weighted by atomic mass is 10.2. The Morgan fingerprint density at radius 1 is 0.962 bits per heavy atom. The van der Waals surface area contributed by atoms with Gasteiger partial charge in [-0.3, -0.25) is 4.99 Å². The average molecular weight is 479 g/mol. The van der Waals surface area contributed by atoms with E-state index in [1.54, 1.807) is 25.2 Å². The third-order valence-corrected chi connectivity index (χ3v) is 3.29. The number of rotatable bonds is 6. The molecule has 0 heterocycles. The van der Waals surface area contributed by atoms with Gasteiger partial charge in [0.15, 0.2) is 12.6 Å². The predicted molar refractivity (Wildman–Crippen MR) is 107 cm³/mol. The molecular weight excluding hydrogens is 458 g/mol. The minimum atomic E-state index is -4.35. The molecule has 2 aromatic carbocycles. The highest BCUT2D eigenvalue weighted by Gasteiger charge is 2.28. The van der Waals surface area contributed by atoms with Gasteiger partial charge >= 0.3 is 6.18 Å². The first-order chi connectivity index (χ1) is 12.0. The summed E-state index contributed by atoms with van der Waals surface area (Å²) in [4.78, 5) is 4.12. The molecule has 26 heavy (non-hydrogen) atoms. The zero-order chi connectivity index (χ0) is 18.1. The lowest BCUT2D eigenvalue weighted by molar-refractivity contribution is -0.153. The van der Waals surface area contributed by atoms with Crippen LogP contribution in [0.4, 0.5) is 13.2 Å². The molecule has 0 aliphatic heterocycles. The molecule has 0 saturated carbocycles. The van der Waals surface area contributed by atoms with Crippen LogP contribution < -0.4 is 15.4 Å². The Morgan fingerprint density at radius 2 is 1.58 bits per heavy atom. The van der Waals surface area contributed by atoms with Gasteiger partial charge < -0.3 is 15.4 Å². The van der Waals surface area contributed by atoms with Crippen molar-refractivity contribution < 1.29 is 17.9 Å². The zero-order valence-electron chi connectivity index (χ0n) is 14.2. The molecule has 2 rings (SSSR count). The quantitative estimate of drug-likeness (QED) is 0.373. The third kappa shape index (κ3) is 8.41. The number of hydrogen-bond donors (Lipinski definition) is 2. The highest BCUT2D eigenvalue weighted by atomic mass is 127. The van der Waals surface area contributed by atoms with Crippen LogP contribution in [0.2, 0.25) is 0 Å². The molecule has 4 nitrogen and oxygen atoms in total. The summed E-state index contributed by atoms with van der Waals surface area (Å²) in [6, 6.07) is 16.4. The second-order valence-electron chi connectivity index (χ2n) is 5.32. The molecule has 0 aliphatic rings. The van der Waals surface area contributed by atoms with Gasteiger partial charge in [0.25, 0.3) is 0 Å². The summed E-state index contributed by atoms with van der Waals surface area (Å²) in [6.45, 7) is -0.267. The molecule has 0 atom stereocenters. The molecule has 2 N–H and O–H groups in total. The van der Waals surface area contributed by atoms with Gasteiger partial charge in [-0.05, 0) is 23.3 Å². The van der Waals surface area contributed by atoms with Gasteiger partial charge in [0.2, 0.25) is 0 Å². The largest absolute Gasteiger partial charge is 0.484 e. The number of alkyl halides is 3. The molecule has 0 aromatic heterocycles. The van der Waals surface area contributed by atoms with Crippen LogP contribution in [0.3, 0.4) is 0 Å². The second kappa shape index (κ2) is 10.9. The minimum Gasteiger partial charge on any atom is -0.484 e. The third-order valence-electron chi connectivity index (χ3n) is 3.29. The average Bonchev–Trinajstić information content (AvgIpc) is 2.61. The van der Waals surface area contributed by atoms with E-state index in [9.17, 15) is 13.2 Å². The Bertz CT molecular complexity index is 694. The van der Waals surface area contributed by atoms with Gasteiger partial charge in [-0.1, -0.05) is 42.5 Å². The summed E-state index contributed by atoms with van der Waals surface area (Å²) in [6.07, 6.45) is -4.35. The van der Waals surface area contributed by atoms with Crippen LogP contribution in [0.15, 0.2) is 59.6 Å². The van der Waals surface area contributed by atoms with Crippen molar-refractivity contribution in [3.05, 3.63) is 65.7 Å². The van der Waals surface area contributed by atoms with Gasteiger partial charge in [0.1, 0.15) is 5.75 Å². The smallest absolute Gasteiger partial charge is 0.422 e. The Labute approximate surface area is 167 Å². The fourth-order valence-electron chi connectivity index (χ4n) is 2.10. The van der Waals surface area contributed by atoms with Crippen LogP contribution in [-0.2, 0) is 13.1 Å². The van der Waals surface area contributed by atoms with E-state index in [2.05, 4.69) is 15.6 Å². The van der Waals surface area contributed by atoms with Crippen LogP contribution >= 0.6 is 24.0 Å². The number of hydrogen-bond acceptors (Lipinski definition) is 2. The van der Waals surface area contributed by atoms with Crippen LogP contribution in [0.25, 0.3) is 0 Å². The Hall–Kier alpha value is -1.97. The molecule has 0 unspecified atom stereocenters. The summed E-state index contributed by atoms with van der Waals surface area (Å²) < 4.78 is 41.4. The van der Waals surface area contributed by atoms with E-state index in [1.807, 2.05) is 30.3 Å². The van der Waals surface area contributed by atoms with E-state index in [-0.39, 0.29) is 29.7 Å². The summed E-state index contributed by atoms with van der Waals surface area (Å²) in [5.41, 5.74) is 1.91. The number of nitrogens with one attached hydrogen (secondary N) is 2. The van der Waals surface area contributed by atoms with E-state index < -0.39 is 12.8 Å². The fraction of sp³-hybridized carbons (Fsp3) is 0.278. The monoisotopic (exact) mass is 479 g/mol. The first-order valence-corrected chi connectivity index (χ1v) is 7.73. The summed E-state index contributed by atoms with van der Waals surface area (Å²) >= 11 is 0. The number of aliphatic imine (C=N–C) groups is 1. The number of benzene rings is 2. The van der Waals surface area contributed by atoms with E-state index in [0.29, 0.717) is 19.0 Å².